The molecular weight excluding hydrogens is 472 g/mol. The van der Waals surface area contributed by atoms with Gasteiger partial charge in [-0.1, -0.05) is 44.2 Å². The van der Waals surface area contributed by atoms with Crippen LogP contribution in [0.15, 0.2) is 71.4 Å². The molecule has 0 aromatic carbocycles. The van der Waals surface area contributed by atoms with Crippen LogP contribution in [0.25, 0.3) is 10.9 Å². The summed E-state index contributed by atoms with van der Waals surface area (Å²) in [6.45, 7) is 12.3. The molecule has 0 aliphatic heterocycles. The van der Waals surface area contributed by atoms with E-state index in [1.165, 1.54) is 5.69 Å². The first-order valence-corrected chi connectivity index (χ1v) is 13.5. The zero-order chi connectivity index (χ0) is 28.2. The molecule has 208 valence electrons. The van der Waals surface area contributed by atoms with Gasteiger partial charge in [-0.3, -0.25) is 9.80 Å². The third kappa shape index (κ3) is 9.17. The van der Waals surface area contributed by atoms with E-state index in [1.807, 2.05) is 58.4 Å². The van der Waals surface area contributed by atoms with Gasteiger partial charge in [0.1, 0.15) is 6.23 Å². The Morgan fingerprint density at radius 2 is 1.84 bits per heavy atom. The smallest absolute Gasteiger partial charge is 0.154 e. The molecule has 0 amide bonds. The van der Waals surface area contributed by atoms with E-state index in [0.717, 1.165) is 48.4 Å². The topological polar surface area (TPSA) is 60.1 Å². The molecule has 2 rings (SSSR count). The molecule has 0 aliphatic carbocycles. The van der Waals surface area contributed by atoms with Crippen LogP contribution in [0.3, 0.4) is 0 Å². The molecule has 0 bridgehead atoms. The van der Waals surface area contributed by atoms with Crippen LogP contribution >= 0.6 is 0 Å². The zero-order valence-corrected chi connectivity index (χ0v) is 24.9. The summed E-state index contributed by atoms with van der Waals surface area (Å²) in [6.07, 6.45) is 15.7. The molecule has 0 aliphatic rings. The van der Waals surface area contributed by atoms with Crippen molar-refractivity contribution < 1.29 is 5.11 Å². The van der Waals surface area contributed by atoms with Gasteiger partial charge >= 0.3 is 0 Å². The van der Waals surface area contributed by atoms with Crippen molar-refractivity contribution in [3.05, 3.63) is 72.1 Å². The predicted molar refractivity (Wildman–Crippen MR) is 163 cm³/mol. The van der Waals surface area contributed by atoms with Crippen molar-refractivity contribution in [1.82, 2.24) is 24.3 Å². The van der Waals surface area contributed by atoms with Gasteiger partial charge in [0.25, 0.3) is 0 Å². The maximum atomic E-state index is 10.4. The Kier molecular flexibility index (Phi) is 12.8. The largest absolute Gasteiger partial charge is 0.374 e. The fourth-order valence-corrected chi connectivity index (χ4v) is 4.20. The second-order valence-corrected chi connectivity index (χ2v) is 10.1. The average molecular weight is 521 g/mol. The number of aliphatic hydroxyl groups is 1. The SMILES string of the molecule is CC=C(C=CC(C)c1cc2cnc(N=C(/C=C\C)/C=C\CN(CC)CCN(C)C)cc2n1C)C(O)N(C)C. The normalized spacial score (nSPS) is 15.5. The molecule has 0 fully saturated rings. The fourth-order valence-electron chi connectivity index (χ4n) is 4.20. The zero-order valence-electron chi connectivity index (χ0n) is 24.9. The summed E-state index contributed by atoms with van der Waals surface area (Å²) in [5.41, 5.74) is 4.04. The van der Waals surface area contributed by atoms with Crippen molar-refractivity contribution in [2.24, 2.45) is 12.0 Å². The molecule has 2 aromatic heterocycles. The third-order valence-electron chi connectivity index (χ3n) is 6.66. The number of hydrogen-bond donors (Lipinski definition) is 1. The van der Waals surface area contributed by atoms with Gasteiger partial charge in [-0.15, -0.1) is 0 Å². The summed E-state index contributed by atoms with van der Waals surface area (Å²) in [4.78, 5) is 15.9. The lowest BCUT2D eigenvalue weighted by Gasteiger charge is -2.20. The minimum atomic E-state index is -0.621. The first-order chi connectivity index (χ1) is 18.1. The van der Waals surface area contributed by atoms with E-state index in [9.17, 15) is 5.11 Å². The van der Waals surface area contributed by atoms with Crippen LogP contribution in [-0.4, -0.2) is 95.7 Å². The van der Waals surface area contributed by atoms with Crippen molar-refractivity contribution in [2.45, 2.75) is 39.8 Å². The molecule has 0 saturated carbocycles. The lowest BCUT2D eigenvalue weighted by molar-refractivity contribution is 0.0759. The van der Waals surface area contributed by atoms with Crippen molar-refractivity contribution in [3.63, 3.8) is 0 Å². The molecule has 7 nitrogen and oxygen atoms in total. The van der Waals surface area contributed by atoms with E-state index < -0.39 is 6.23 Å². The maximum Gasteiger partial charge on any atom is 0.154 e. The van der Waals surface area contributed by atoms with Crippen LogP contribution in [0.1, 0.15) is 39.3 Å². The van der Waals surface area contributed by atoms with Gasteiger partial charge < -0.3 is 14.6 Å². The highest BCUT2D eigenvalue weighted by Crippen LogP contribution is 2.27. The molecule has 0 saturated heterocycles. The van der Waals surface area contributed by atoms with E-state index in [-0.39, 0.29) is 5.92 Å². The number of nitrogens with zero attached hydrogens (tertiary/aromatic N) is 6. The first-order valence-electron chi connectivity index (χ1n) is 13.5. The second-order valence-electron chi connectivity index (χ2n) is 10.1. The number of rotatable bonds is 14. The van der Waals surface area contributed by atoms with Gasteiger partial charge in [0.15, 0.2) is 5.82 Å². The highest BCUT2D eigenvalue weighted by molar-refractivity contribution is 6.05. The summed E-state index contributed by atoms with van der Waals surface area (Å²) in [7, 11) is 10.0. The predicted octanol–water partition coefficient (Wildman–Crippen LogP) is 5.15. The van der Waals surface area contributed by atoms with Gasteiger partial charge in [-0.05, 0) is 72.4 Å². The molecule has 2 heterocycles. The van der Waals surface area contributed by atoms with Crippen LogP contribution in [0, 0.1) is 0 Å². The number of hydrogen-bond acceptors (Lipinski definition) is 6. The molecule has 38 heavy (non-hydrogen) atoms. The Balaban J connectivity index is 2.26. The van der Waals surface area contributed by atoms with Crippen molar-refractivity contribution in [1.29, 1.82) is 0 Å². The Hall–Kier alpha value is -2.84. The monoisotopic (exact) mass is 520 g/mol. The fraction of sp³-hybridized carbons (Fsp3) is 0.484. The van der Waals surface area contributed by atoms with Crippen LogP contribution < -0.4 is 0 Å². The highest BCUT2D eigenvalue weighted by atomic mass is 16.3. The van der Waals surface area contributed by atoms with Crippen LogP contribution in [0.5, 0.6) is 0 Å². The van der Waals surface area contributed by atoms with Gasteiger partial charge in [-0.25, -0.2) is 9.98 Å². The van der Waals surface area contributed by atoms with E-state index in [0.29, 0.717) is 5.82 Å². The van der Waals surface area contributed by atoms with E-state index in [2.05, 4.69) is 84.7 Å². The van der Waals surface area contributed by atoms with Gasteiger partial charge in [0.2, 0.25) is 0 Å². The Labute approximate surface area is 230 Å². The molecule has 0 spiro atoms. The quantitative estimate of drug-likeness (QED) is 0.212. The van der Waals surface area contributed by atoms with Gasteiger partial charge in [-0.2, -0.15) is 0 Å². The Bertz CT molecular complexity index is 1170. The molecule has 2 atom stereocenters. The van der Waals surface area contributed by atoms with Gasteiger partial charge in [0.05, 0.1) is 11.2 Å². The lowest BCUT2D eigenvalue weighted by atomic mass is 10.0. The first kappa shape index (κ1) is 31.4. The summed E-state index contributed by atoms with van der Waals surface area (Å²) >= 11 is 0. The van der Waals surface area contributed by atoms with E-state index in [1.54, 1.807) is 4.90 Å². The highest BCUT2D eigenvalue weighted by Gasteiger charge is 2.14. The van der Waals surface area contributed by atoms with Crippen molar-refractivity contribution >= 4 is 22.4 Å². The number of likely N-dealkylation sites (N-methyl/N-ethyl adjacent to an activating group) is 3. The average Bonchev–Trinajstić information content (AvgIpc) is 3.21. The van der Waals surface area contributed by atoms with E-state index >= 15 is 0 Å². The number of aryl methyl sites for hydroxylation is 1. The number of pyridine rings is 1. The minimum Gasteiger partial charge on any atom is -0.374 e. The summed E-state index contributed by atoms with van der Waals surface area (Å²) < 4.78 is 2.21. The standard InChI is InChI=1S/C31H48N6O/c1-10-14-27(15-13-18-37(12-3)20-19-34(5)6)33-30-22-29-26(23-32-30)21-28(36(29)9)24(4)16-17-25(11-2)31(38)35(7)8/h10-11,13-17,21-24,31,38H,12,18-20H2,1-9H3/b14-10-,15-13-,17-16?,25-11?,33-27?. The number of allylic oxidation sites excluding steroid dienone is 5. The van der Waals surface area contributed by atoms with Gasteiger partial charge in [0, 0.05) is 55.9 Å². The third-order valence-corrected chi connectivity index (χ3v) is 6.66. The Morgan fingerprint density at radius 3 is 2.45 bits per heavy atom. The minimum absolute atomic E-state index is 0.166. The Morgan fingerprint density at radius 1 is 1.11 bits per heavy atom. The summed E-state index contributed by atoms with van der Waals surface area (Å²) in [5.74, 6) is 0.857. The van der Waals surface area contributed by atoms with Crippen LogP contribution in [-0.2, 0) is 7.05 Å². The molecule has 2 aromatic rings. The summed E-state index contributed by atoms with van der Waals surface area (Å²) in [6, 6.07) is 4.23. The van der Waals surface area contributed by atoms with Crippen molar-refractivity contribution in [3.8, 4) is 0 Å². The molecule has 2 unspecified atom stereocenters. The number of aliphatic imine (C=N–C) groups is 1. The van der Waals surface area contributed by atoms with Crippen LogP contribution in [0.4, 0.5) is 5.82 Å². The molecule has 1 N–H and O–H groups in total. The molecular formula is C31H48N6O. The molecule has 0 radical (unpaired) electrons. The lowest BCUT2D eigenvalue weighted by Crippen LogP contribution is -2.31. The number of aromatic nitrogens is 2. The molecule has 7 heteroatoms. The van der Waals surface area contributed by atoms with E-state index in [4.69, 9.17) is 4.99 Å². The van der Waals surface area contributed by atoms with Crippen LogP contribution in [0.2, 0.25) is 0 Å². The number of aliphatic hydroxyl groups excluding tert-OH is 1. The summed E-state index contributed by atoms with van der Waals surface area (Å²) in [5, 5.41) is 11.5. The maximum absolute atomic E-state index is 10.4. The second kappa shape index (κ2) is 15.5. The van der Waals surface area contributed by atoms with Crippen molar-refractivity contribution in [2.75, 3.05) is 54.4 Å². The number of fused-ring (bicyclic) bond motifs is 1.